The molecule has 0 radical (unpaired) electrons. The Morgan fingerprint density at radius 3 is 2.92 bits per heavy atom. The van der Waals surface area contributed by atoms with Crippen molar-refractivity contribution < 1.29 is 14.3 Å². The second-order valence-corrected chi connectivity index (χ2v) is 6.16. The van der Waals surface area contributed by atoms with Gasteiger partial charge in [-0.2, -0.15) is 0 Å². The molecule has 6 nitrogen and oxygen atoms in total. The van der Waals surface area contributed by atoms with Crippen LogP contribution < -0.4 is 10.2 Å². The number of hydrogen-bond donors (Lipinski definition) is 1. The Morgan fingerprint density at radius 1 is 1.36 bits per heavy atom. The molecule has 25 heavy (non-hydrogen) atoms. The van der Waals surface area contributed by atoms with Crippen molar-refractivity contribution >= 4 is 28.5 Å². The molecule has 1 aliphatic heterocycles. The Labute approximate surface area is 147 Å². The summed E-state index contributed by atoms with van der Waals surface area (Å²) in [4.78, 5) is 31.1. The fraction of sp³-hybridized carbons (Fsp3) is 0.421. The van der Waals surface area contributed by atoms with Gasteiger partial charge in [-0.15, -0.1) is 0 Å². The van der Waals surface area contributed by atoms with E-state index in [1.54, 1.807) is 20.2 Å². The van der Waals surface area contributed by atoms with E-state index in [0.29, 0.717) is 18.7 Å². The second kappa shape index (κ2) is 7.51. The zero-order chi connectivity index (χ0) is 17.8. The van der Waals surface area contributed by atoms with Crippen molar-refractivity contribution in [2.45, 2.75) is 19.8 Å². The molecule has 1 N–H and O–H groups in total. The number of benzene rings is 1. The lowest BCUT2D eigenvalue weighted by atomic mass is 9.95. The molecule has 6 heteroatoms. The maximum absolute atomic E-state index is 12.5. The number of nitrogens with one attached hydrogen (secondary N) is 1. The number of carbonyl (C=O) groups excluding carboxylic acids is 2. The summed E-state index contributed by atoms with van der Waals surface area (Å²) in [6.45, 7) is 3.48. The molecular formula is C19H23N3O3. The van der Waals surface area contributed by atoms with Crippen molar-refractivity contribution in [3.8, 4) is 0 Å². The Bertz CT molecular complexity index is 791. The van der Waals surface area contributed by atoms with E-state index in [4.69, 9.17) is 4.74 Å². The molecule has 1 saturated heterocycles. The van der Waals surface area contributed by atoms with Crippen LogP contribution in [0.4, 0.5) is 5.69 Å². The van der Waals surface area contributed by atoms with Gasteiger partial charge in [0, 0.05) is 31.7 Å². The zero-order valence-electron chi connectivity index (χ0n) is 14.6. The first-order valence-electron chi connectivity index (χ1n) is 8.67. The Balaban J connectivity index is 2.07. The van der Waals surface area contributed by atoms with E-state index in [9.17, 15) is 9.59 Å². The number of carbonyl (C=O) groups is 2. The minimum Gasteiger partial charge on any atom is -0.462 e. The van der Waals surface area contributed by atoms with Gasteiger partial charge in [0.1, 0.15) is 5.56 Å². The van der Waals surface area contributed by atoms with Gasteiger partial charge in [-0.25, -0.2) is 4.79 Å². The minimum absolute atomic E-state index is 0.0424. The molecule has 1 amide bonds. The van der Waals surface area contributed by atoms with Gasteiger partial charge in [0.05, 0.1) is 23.7 Å². The smallest absolute Gasteiger partial charge is 0.341 e. The molecule has 0 saturated carbocycles. The van der Waals surface area contributed by atoms with Gasteiger partial charge in [-0.3, -0.25) is 9.78 Å². The molecule has 1 fully saturated rings. The number of ether oxygens (including phenoxy) is 1. The number of hydrogen-bond acceptors (Lipinski definition) is 5. The quantitative estimate of drug-likeness (QED) is 0.865. The fourth-order valence-electron chi connectivity index (χ4n) is 3.42. The van der Waals surface area contributed by atoms with Gasteiger partial charge >= 0.3 is 5.97 Å². The van der Waals surface area contributed by atoms with E-state index >= 15 is 0 Å². The van der Waals surface area contributed by atoms with Crippen LogP contribution in [0.5, 0.6) is 0 Å². The summed E-state index contributed by atoms with van der Waals surface area (Å²) in [5, 5.41) is 3.64. The Kier molecular flexibility index (Phi) is 5.16. The molecule has 1 aromatic heterocycles. The number of amides is 1. The number of fused-ring (bicyclic) bond motifs is 1. The second-order valence-electron chi connectivity index (χ2n) is 6.16. The lowest BCUT2D eigenvalue weighted by Crippen LogP contribution is -2.42. The third-order valence-corrected chi connectivity index (χ3v) is 4.60. The highest BCUT2D eigenvalue weighted by atomic mass is 16.5. The van der Waals surface area contributed by atoms with Gasteiger partial charge in [-0.05, 0) is 25.8 Å². The minimum atomic E-state index is -0.377. The van der Waals surface area contributed by atoms with Crippen LogP contribution in [0.3, 0.4) is 0 Å². The standard InChI is InChI=1S/C19H23N3O3/c1-3-25-19(24)15-11-21-16-9-5-4-8-14(16)17(15)22-10-6-7-13(12-22)18(23)20-2/h4-5,8-9,11,13H,3,6-7,10,12H2,1-2H3,(H,20,23). The molecular weight excluding hydrogens is 318 g/mol. The first kappa shape index (κ1) is 17.2. The van der Waals surface area contributed by atoms with Crippen LogP contribution in [0.1, 0.15) is 30.1 Å². The number of pyridine rings is 1. The fourth-order valence-corrected chi connectivity index (χ4v) is 3.42. The average molecular weight is 341 g/mol. The summed E-state index contributed by atoms with van der Waals surface area (Å²) < 4.78 is 5.22. The van der Waals surface area contributed by atoms with E-state index in [2.05, 4.69) is 15.2 Å². The van der Waals surface area contributed by atoms with Crippen molar-refractivity contribution in [1.82, 2.24) is 10.3 Å². The number of nitrogens with zero attached hydrogens (tertiary/aromatic N) is 2. The Morgan fingerprint density at radius 2 is 2.16 bits per heavy atom. The van der Waals surface area contributed by atoms with Crippen molar-refractivity contribution in [2.75, 3.05) is 31.6 Å². The highest BCUT2D eigenvalue weighted by Gasteiger charge is 2.29. The molecule has 1 atom stereocenters. The van der Waals surface area contributed by atoms with Crippen molar-refractivity contribution in [3.63, 3.8) is 0 Å². The molecule has 132 valence electrons. The summed E-state index contributed by atoms with van der Waals surface area (Å²) in [6.07, 6.45) is 3.34. The maximum Gasteiger partial charge on any atom is 0.341 e. The van der Waals surface area contributed by atoms with Crippen LogP contribution in [0.25, 0.3) is 10.9 Å². The largest absolute Gasteiger partial charge is 0.462 e. The molecule has 1 aliphatic rings. The number of piperidine rings is 1. The van der Waals surface area contributed by atoms with Crippen LogP contribution in [-0.2, 0) is 9.53 Å². The molecule has 2 aromatic rings. The Hall–Kier alpha value is -2.63. The maximum atomic E-state index is 12.5. The summed E-state index contributed by atoms with van der Waals surface area (Å²) >= 11 is 0. The van der Waals surface area contributed by atoms with Gasteiger partial charge in [0.25, 0.3) is 0 Å². The van der Waals surface area contributed by atoms with Gasteiger partial charge < -0.3 is 15.0 Å². The van der Waals surface area contributed by atoms with E-state index in [1.165, 1.54) is 0 Å². The first-order chi connectivity index (χ1) is 12.2. The third-order valence-electron chi connectivity index (χ3n) is 4.60. The summed E-state index contributed by atoms with van der Waals surface area (Å²) in [6, 6.07) is 7.74. The highest BCUT2D eigenvalue weighted by molar-refractivity contribution is 6.05. The summed E-state index contributed by atoms with van der Waals surface area (Å²) in [5.41, 5.74) is 2.10. The monoisotopic (exact) mass is 341 g/mol. The number of aromatic nitrogens is 1. The lowest BCUT2D eigenvalue weighted by Gasteiger charge is -2.35. The number of rotatable bonds is 4. The topological polar surface area (TPSA) is 71.5 Å². The number of esters is 1. The molecule has 2 heterocycles. The van der Waals surface area contributed by atoms with Crippen molar-refractivity contribution in [3.05, 3.63) is 36.0 Å². The van der Waals surface area contributed by atoms with Crippen LogP contribution >= 0.6 is 0 Å². The third kappa shape index (κ3) is 3.43. The molecule has 1 unspecified atom stereocenters. The summed E-state index contributed by atoms with van der Waals surface area (Å²) in [7, 11) is 1.66. The lowest BCUT2D eigenvalue weighted by molar-refractivity contribution is -0.124. The molecule has 3 rings (SSSR count). The molecule has 0 aliphatic carbocycles. The SMILES string of the molecule is CCOC(=O)c1cnc2ccccc2c1N1CCCC(C(=O)NC)C1. The van der Waals surface area contributed by atoms with Crippen LogP contribution in [0, 0.1) is 5.92 Å². The van der Waals surface area contributed by atoms with E-state index in [1.807, 2.05) is 24.3 Å². The van der Waals surface area contributed by atoms with Gasteiger partial charge in [-0.1, -0.05) is 18.2 Å². The van der Waals surface area contributed by atoms with Crippen LogP contribution in [-0.4, -0.2) is 43.6 Å². The highest BCUT2D eigenvalue weighted by Crippen LogP contribution is 2.33. The average Bonchev–Trinajstić information content (AvgIpc) is 2.66. The number of para-hydroxylation sites is 1. The van der Waals surface area contributed by atoms with E-state index < -0.39 is 0 Å². The van der Waals surface area contributed by atoms with Crippen LogP contribution in [0.2, 0.25) is 0 Å². The zero-order valence-corrected chi connectivity index (χ0v) is 14.6. The predicted molar refractivity (Wildman–Crippen MR) is 96.7 cm³/mol. The van der Waals surface area contributed by atoms with E-state index in [0.717, 1.165) is 36.0 Å². The van der Waals surface area contributed by atoms with Crippen molar-refractivity contribution in [1.29, 1.82) is 0 Å². The normalized spacial score (nSPS) is 17.4. The number of anilines is 1. The van der Waals surface area contributed by atoms with E-state index in [-0.39, 0.29) is 17.8 Å². The van der Waals surface area contributed by atoms with Gasteiger partial charge in [0.2, 0.25) is 5.91 Å². The predicted octanol–water partition coefficient (Wildman–Crippen LogP) is 2.37. The summed E-state index contributed by atoms with van der Waals surface area (Å²) in [5.74, 6) is -0.417. The van der Waals surface area contributed by atoms with Crippen molar-refractivity contribution in [2.24, 2.45) is 5.92 Å². The van der Waals surface area contributed by atoms with Gasteiger partial charge in [0.15, 0.2) is 0 Å². The molecule has 0 spiro atoms. The van der Waals surface area contributed by atoms with Crippen LogP contribution in [0.15, 0.2) is 30.5 Å². The first-order valence-corrected chi connectivity index (χ1v) is 8.67. The molecule has 0 bridgehead atoms. The molecule has 1 aromatic carbocycles.